The van der Waals surface area contributed by atoms with Crippen LogP contribution in [0.5, 0.6) is 5.75 Å². The number of fused-ring (bicyclic) bond motifs is 7. The smallest absolute Gasteiger partial charge is 0.181 e. The summed E-state index contributed by atoms with van der Waals surface area (Å²) in [5.74, 6) is -1.18. The first-order valence-electron chi connectivity index (χ1n) is 15.5. The number of allylic oxidation sites excluding steroid dienone is 4. The van der Waals surface area contributed by atoms with Gasteiger partial charge in [0.05, 0.1) is 25.9 Å². The number of likely N-dealkylation sites (N-methyl/N-ethyl adjacent to an activating group) is 1. The molecule has 242 valence electrons. The van der Waals surface area contributed by atoms with E-state index in [1.165, 1.54) is 18.2 Å². The van der Waals surface area contributed by atoms with E-state index in [0.29, 0.717) is 19.4 Å². The van der Waals surface area contributed by atoms with Gasteiger partial charge in [-0.05, 0) is 81.0 Å². The van der Waals surface area contributed by atoms with Crippen LogP contribution < -0.4 is 4.74 Å². The van der Waals surface area contributed by atoms with E-state index in [-0.39, 0.29) is 44.0 Å². The Morgan fingerprint density at radius 3 is 2.55 bits per heavy atom. The highest BCUT2D eigenvalue weighted by Gasteiger charge is 2.79. The van der Waals surface area contributed by atoms with E-state index in [0.717, 1.165) is 17.7 Å². The van der Waals surface area contributed by atoms with Crippen molar-refractivity contribution in [3.63, 3.8) is 0 Å². The molecule has 5 aliphatic rings. The summed E-state index contributed by atoms with van der Waals surface area (Å²) in [7, 11) is 3.48. The molecule has 7 nitrogen and oxygen atoms in total. The standard InChI is InChI=1S/C34H43F2NO6.CH4/c1-6-7-30-42-29-16-23-24-15-26(35)25-14-21(38)12-13-31(25,2)33(24,36)27(39)17-32(23,3)34(29,43-30)28(40)19-37(4)18-20-8-10-22(41-5)11-9-20;/h8-14,23-24,26-27,29-30,39H,6-7,15-19H2,1-5H3;1H4/t23?,24?,26-,27?,29?,30?,31?,32?,33-,34?;/m0./s1. The maximum Gasteiger partial charge on any atom is 0.181 e. The number of rotatable bonds is 8. The molecule has 0 aromatic heterocycles. The molecule has 44 heavy (non-hydrogen) atoms. The van der Waals surface area contributed by atoms with Gasteiger partial charge in [0.15, 0.2) is 29.1 Å². The van der Waals surface area contributed by atoms with Crippen molar-refractivity contribution in [1.29, 1.82) is 0 Å². The van der Waals surface area contributed by atoms with Gasteiger partial charge < -0.3 is 19.3 Å². The zero-order valence-corrected chi connectivity index (χ0v) is 25.6. The molecule has 4 aliphatic carbocycles. The van der Waals surface area contributed by atoms with Gasteiger partial charge in [0, 0.05) is 23.3 Å². The lowest BCUT2D eigenvalue weighted by atomic mass is 9.44. The Balaban J connectivity index is 0.00000384. The van der Waals surface area contributed by atoms with Crippen molar-refractivity contribution in [1.82, 2.24) is 4.90 Å². The second-order valence-corrected chi connectivity index (χ2v) is 13.7. The third-order valence-electron chi connectivity index (χ3n) is 11.4. The van der Waals surface area contributed by atoms with Crippen LogP contribution in [-0.4, -0.2) is 78.2 Å². The monoisotopic (exact) mass is 615 g/mol. The molecule has 0 radical (unpaired) electrons. The molecule has 4 fully saturated rings. The number of aliphatic hydroxyl groups is 1. The molecule has 1 heterocycles. The summed E-state index contributed by atoms with van der Waals surface area (Å²) in [6.45, 7) is 6.08. The molecule has 1 aromatic carbocycles. The van der Waals surface area contributed by atoms with Crippen LogP contribution >= 0.6 is 0 Å². The zero-order valence-electron chi connectivity index (χ0n) is 25.6. The lowest BCUT2D eigenvalue weighted by molar-refractivity contribution is -0.234. The average molecular weight is 616 g/mol. The van der Waals surface area contributed by atoms with Crippen LogP contribution in [0.15, 0.2) is 48.1 Å². The number of ether oxygens (including phenoxy) is 3. The second-order valence-electron chi connectivity index (χ2n) is 13.7. The molecule has 6 rings (SSSR count). The first kappa shape index (κ1) is 32.9. The van der Waals surface area contributed by atoms with Crippen LogP contribution in [0.25, 0.3) is 0 Å². The Labute approximate surface area is 259 Å². The maximum atomic E-state index is 17.6. The van der Waals surface area contributed by atoms with E-state index in [9.17, 15) is 14.7 Å². The summed E-state index contributed by atoms with van der Waals surface area (Å²) in [6.07, 6.45) is 1.13. The Bertz CT molecular complexity index is 1350. The fourth-order valence-corrected chi connectivity index (χ4v) is 9.35. The minimum Gasteiger partial charge on any atom is -0.497 e. The van der Waals surface area contributed by atoms with E-state index >= 15 is 8.78 Å². The van der Waals surface area contributed by atoms with Gasteiger partial charge in [-0.2, -0.15) is 0 Å². The summed E-state index contributed by atoms with van der Waals surface area (Å²) < 4.78 is 51.8. The largest absolute Gasteiger partial charge is 0.497 e. The number of aliphatic hydroxyl groups excluding tert-OH is 1. The molecular formula is C35H47F2NO6. The lowest BCUT2D eigenvalue weighted by Crippen LogP contribution is -2.71. The van der Waals surface area contributed by atoms with Crippen molar-refractivity contribution in [3.05, 3.63) is 53.6 Å². The number of Topliss-reactive ketones (excluding diaryl/α,β-unsaturated/α-hetero) is 1. The van der Waals surface area contributed by atoms with E-state index in [1.807, 2.05) is 50.1 Å². The first-order chi connectivity index (χ1) is 20.3. The molecule has 0 bridgehead atoms. The Hall–Kier alpha value is -2.46. The van der Waals surface area contributed by atoms with Crippen LogP contribution in [0.1, 0.15) is 65.9 Å². The predicted octanol–water partition coefficient (Wildman–Crippen LogP) is 5.54. The normalized spacial score (nSPS) is 42.1. The topological polar surface area (TPSA) is 85.3 Å². The van der Waals surface area contributed by atoms with Gasteiger partial charge >= 0.3 is 0 Å². The quantitative estimate of drug-likeness (QED) is 0.411. The van der Waals surface area contributed by atoms with Gasteiger partial charge in [-0.25, -0.2) is 8.78 Å². The van der Waals surface area contributed by atoms with Gasteiger partial charge in [0.25, 0.3) is 0 Å². The summed E-state index contributed by atoms with van der Waals surface area (Å²) in [4.78, 5) is 28.6. The van der Waals surface area contributed by atoms with Gasteiger partial charge in [-0.3, -0.25) is 14.5 Å². The number of carbonyl (C=O) groups excluding carboxylic acids is 2. The minimum absolute atomic E-state index is 0. The van der Waals surface area contributed by atoms with Crippen molar-refractivity contribution >= 4 is 11.6 Å². The zero-order chi connectivity index (χ0) is 30.9. The van der Waals surface area contributed by atoms with Crippen LogP contribution in [0, 0.1) is 22.7 Å². The van der Waals surface area contributed by atoms with Crippen molar-refractivity contribution in [2.75, 3.05) is 20.7 Å². The molecule has 1 aromatic rings. The number of hydrogen-bond acceptors (Lipinski definition) is 7. The van der Waals surface area contributed by atoms with Crippen LogP contribution in [0.4, 0.5) is 8.78 Å². The second kappa shape index (κ2) is 11.4. The predicted molar refractivity (Wildman–Crippen MR) is 162 cm³/mol. The molecular weight excluding hydrogens is 568 g/mol. The summed E-state index contributed by atoms with van der Waals surface area (Å²) in [5.41, 5.74) is -5.01. The number of ketones is 2. The Morgan fingerprint density at radius 2 is 1.89 bits per heavy atom. The summed E-state index contributed by atoms with van der Waals surface area (Å²) >= 11 is 0. The van der Waals surface area contributed by atoms with E-state index < -0.39 is 58.6 Å². The molecule has 0 amide bonds. The Morgan fingerprint density at radius 1 is 1.18 bits per heavy atom. The fourth-order valence-electron chi connectivity index (χ4n) is 9.35. The number of benzene rings is 1. The molecule has 9 heteroatoms. The minimum atomic E-state index is -2.22. The number of halogens is 2. The van der Waals surface area contributed by atoms with Gasteiger partial charge in [-0.1, -0.05) is 45.9 Å². The van der Waals surface area contributed by atoms with E-state index in [2.05, 4.69) is 0 Å². The molecule has 1 saturated heterocycles. The van der Waals surface area contributed by atoms with Crippen molar-refractivity contribution in [2.24, 2.45) is 22.7 Å². The third kappa shape index (κ3) is 4.48. The highest BCUT2D eigenvalue weighted by atomic mass is 19.1. The van der Waals surface area contributed by atoms with E-state index in [4.69, 9.17) is 14.2 Å². The maximum absolute atomic E-state index is 17.6. The summed E-state index contributed by atoms with van der Waals surface area (Å²) in [5, 5.41) is 11.8. The number of nitrogens with zero attached hydrogens (tertiary/aromatic N) is 1. The molecule has 1 aliphatic heterocycles. The fraction of sp³-hybridized carbons (Fsp3) is 0.657. The SMILES string of the molecule is C.CCCC1OC2CC3C4C[C@H](F)C5=CC(=O)C=CC5(C)[C@@]4(F)C(O)CC3(C)C2(C(=O)CN(C)Cc2ccc(OC)cc2)O1. The van der Waals surface area contributed by atoms with Crippen LogP contribution in [-0.2, 0) is 25.6 Å². The number of alkyl halides is 2. The molecule has 8 unspecified atom stereocenters. The number of hydrogen-bond donors (Lipinski definition) is 1. The summed E-state index contributed by atoms with van der Waals surface area (Å²) in [6, 6.07) is 7.65. The highest BCUT2D eigenvalue weighted by molar-refractivity contribution is 6.01. The lowest BCUT2D eigenvalue weighted by Gasteiger charge is -2.63. The van der Waals surface area contributed by atoms with E-state index in [1.54, 1.807) is 14.0 Å². The van der Waals surface area contributed by atoms with Crippen molar-refractivity contribution in [2.45, 2.75) is 103 Å². The number of carbonyl (C=O) groups is 2. The van der Waals surface area contributed by atoms with Gasteiger partial charge in [-0.15, -0.1) is 0 Å². The van der Waals surface area contributed by atoms with Crippen LogP contribution in [0.2, 0.25) is 0 Å². The van der Waals surface area contributed by atoms with Crippen LogP contribution in [0.3, 0.4) is 0 Å². The third-order valence-corrected chi connectivity index (χ3v) is 11.4. The molecule has 10 atom stereocenters. The van der Waals surface area contributed by atoms with Crippen molar-refractivity contribution < 1.29 is 37.7 Å². The average Bonchev–Trinajstić information content (AvgIpc) is 3.44. The van der Waals surface area contributed by atoms with Gasteiger partial charge in [0.2, 0.25) is 0 Å². The highest BCUT2D eigenvalue weighted by Crippen LogP contribution is 2.72. The van der Waals surface area contributed by atoms with Gasteiger partial charge in [0.1, 0.15) is 11.9 Å². The Kier molecular flexibility index (Phi) is 8.53. The molecule has 1 N–H and O–H groups in total. The van der Waals surface area contributed by atoms with Crippen molar-refractivity contribution in [3.8, 4) is 5.75 Å². The number of methoxy groups -OCH3 is 1. The molecule has 0 spiro atoms. The molecule has 3 saturated carbocycles. The first-order valence-corrected chi connectivity index (χ1v) is 15.5.